The highest BCUT2D eigenvalue weighted by Gasteiger charge is 2.16. The monoisotopic (exact) mass is 297 g/mol. The van der Waals surface area contributed by atoms with Crippen LogP contribution in [0.3, 0.4) is 0 Å². The number of hydrogen-bond acceptors (Lipinski definition) is 5. The van der Waals surface area contributed by atoms with E-state index in [1.807, 2.05) is 5.38 Å². The van der Waals surface area contributed by atoms with E-state index in [1.165, 1.54) is 18.4 Å². The van der Waals surface area contributed by atoms with E-state index >= 15 is 0 Å². The van der Waals surface area contributed by atoms with E-state index < -0.39 is 10.0 Å². The summed E-state index contributed by atoms with van der Waals surface area (Å²) >= 11 is 1.58. The summed E-state index contributed by atoms with van der Waals surface area (Å²) in [6.07, 6.45) is 1.76. The maximum atomic E-state index is 11.9. The first-order valence-corrected chi connectivity index (χ1v) is 7.97. The zero-order chi connectivity index (χ0) is 13.9. The lowest BCUT2D eigenvalue weighted by molar-refractivity contribution is 0.521. The summed E-state index contributed by atoms with van der Waals surface area (Å²) in [4.78, 5) is 4.45. The lowest BCUT2D eigenvalue weighted by Gasteiger charge is -2.12. The van der Waals surface area contributed by atoms with Gasteiger partial charge >= 0.3 is 0 Å². The molecule has 102 valence electrons. The fourth-order valence-corrected chi connectivity index (χ4v) is 2.93. The second kappa shape index (κ2) is 5.68. The van der Waals surface area contributed by atoms with Gasteiger partial charge in [0.15, 0.2) is 0 Å². The van der Waals surface area contributed by atoms with Crippen LogP contribution in [0.1, 0.15) is 5.01 Å². The van der Waals surface area contributed by atoms with Gasteiger partial charge in [0.25, 0.3) is 0 Å². The number of hydrogen-bond donors (Lipinski definition) is 1. The number of nitrogens with one attached hydrogen (secondary N) is 1. The Bertz CT molecular complexity index is 620. The lowest BCUT2D eigenvalue weighted by atomic mass is 10.3. The zero-order valence-electron chi connectivity index (χ0n) is 10.7. The third-order valence-corrected chi connectivity index (χ3v) is 5.17. The van der Waals surface area contributed by atoms with E-state index in [0.717, 1.165) is 10.7 Å². The lowest BCUT2D eigenvalue weighted by Crippen LogP contribution is -2.22. The minimum Gasteiger partial charge on any atom is -0.379 e. The van der Waals surface area contributed by atoms with Crippen molar-refractivity contribution in [2.45, 2.75) is 11.4 Å². The second-order valence-electron chi connectivity index (χ2n) is 4.09. The third-order valence-electron chi connectivity index (χ3n) is 2.56. The van der Waals surface area contributed by atoms with Gasteiger partial charge < -0.3 is 5.32 Å². The fourth-order valence-electron chi connectivity index (χ4n) is 1.47. The van der Waals surface area contributed by atoms with Gasteiger partial charge in [-0.3, -0.25) is 0 Å². The fraction of sp³-hybridized carbons (Fsp3) is 0.250. The molecule has 1 heterocycles. The van der Waals surface area contributed by atoms with Gasteiger partial charge in [-0.25, -0.2) is 17.7 Å². The Morgan fingerprint density at radius 1 is 1.26 bits per heavy atom. The van der Waals surface area contributed by atoms with Crippen LogP contribution in [0.15, 0.2) is 40.7 Å². The van der Waals surface area contributed by atoms with Crippen molar-refractivity contribution in [1.29, 1.82) is 0 Å². The van der Waals surface area contributed by atoms with Crippen molar-refractivity contribution in [3.63, 3.8) is 0 Å². The minimum atomic E-state index is -3.36. The van der Waals surface area contributed by atoms with Crippen molar-refractivity contribution in [2.75, 3.05) is 19.4 Å². The van der Waals surface area contributed by atoms with Crippen LogP contribution in [0.25, 0.3) is 0 Å². The number of sulfonamides is 1. The number of rotatable bonds is 5. The molecule has 5 nitrogen and oxygen atoms in total. The molecule has 0 aliphatic heterocycles. The highest BCUT2D eigenvalue weighted by molar-refractivity contribution is 7.89. The van der Waals surface area contributed by atoms with Crippen molar-refractivity contribution in [2.24, 2.45) is 0 Å². The van der Waals surface area contributed by atoms with Crippen molar-refractivity contribution in [1.82, 2.24) is 9.29 Å². The SMILES string of the molecule is CN(C)S(=O)(=O)c1ccc(NCc2nccs2)cc1. The highest BCUT2D eigenvalue weighted by atomic mass is 32.2. The van der Waals surface area contributed by atoms with Crippen LogP contribution < -0.4 is 5.32 Å². The Morgan fingerprint density at radius 2 is 1.95 bits per heavy atom. The molecule has 1 N–H and O–H groups in total. The van der Waals surface area contributed by atoms with E-state index in [4.69, 9.17) is 0 Å². The molecular weight excluding hydrogens is 282 g/mol. The van der Waals surface area contributed by atoms with Gasteiger partial charge in [-0.2, -0.15) is 0 Å². The van der Waals surface area contributed by atoms with Crippen molar-refractivity contribution >= 4 is 27.0 Å². The van der Waals surface area contributed by atoms with Crippen LogP contribution in [-0.2, 0) is 16.6 Å². The molecule has 0 bridgehead atoms. The number of thiazole rings is 1. The topological polar surface area (TPSA) is 62.3 Å². The quantitative estimate of drug-likeness (QED) is 0.917. The van der Waals surface area contributed by atoms with Crippen LogP contribution in [0.4, 0.5) is 5.69 Å². The summed E-state index contributed by atoms with van der Waals surface area (Å²) in [5, 5.41) is 6.11. The Hall–Kier alpha value is -1.44. The number of aromatic nitrogens is 1. The summed E-state index contributed by atoms with van der Waals surface area (Å²) in [7, 11) is -0.321. The summed E-state index contributed by atoms with van der Waals surface area (Å²) in [6, 6.07) is 6.70. The largest absolute Gasteiger partial charge is 0.379 e. The van der Waals surface area contributed by atoms with Gasteiger partial charge in [0.05, 0.1) is 11.4 Å². The van der Waals surface area contributed by atoms with Gasteiger partial charge in [0.1, 0.15) is 5.01 Å². The molecule has 7 heteroatoms. The van der Waals surface area contributed by atoms with Gasteiger partial charge in [-0.05, 0) is 24.3 Å². The molecule has 0 spiro atoms. The second-order valence-corrected chi connectivity index (χ2v) is 7.22. The van der Waals surface area contributed by atoms with Gasteiger partial charge in [0, 0.05) is 31.4 Å². The predicted octanol–water partition coefficient (Wildman–Crippen LogP) is 2.01. The molecule has 0 unspecified atom stereocenters. The molecule has 0 atom stereocenters. The number of benzene rings is 1. The van der Waals surface area contributed by atoms with Crippen molar-refractivity contribution < 1.29 is 8.42 Å². The standard InChI is InChI=1S/C12H15N3O2S2/c1-15(2)19(16,17)11-5-3-10(4-6-11)14-9-12-13-7-8-18-12/h3-8,14H,9H2,1-2H3. The first-order chi connectivity index (χ1) is 9.00. The molecule has 19 heavy (non-hydrogen) atoms. The molecule has 2 aromatic rings. The summed E-state index contributed by atoms with van der Waals surface area (Å²) in [5.41, 5.74) is 0.868. The molecule has 0 fully saturated rings. The van der Waals surface area contributed by atoms with Crippen LogP contribution in [0, 0.1) is 0 Å². The Labute approximate surface area is 117 Å². The molecule has 0 amide bonds. The smallest absolute Gasteiger partial charge is 0.242 e. The molecule has 0 saturated heterocycles. The van der Waals surface area contributed by atoms with Gasteiger partial charge in [-0.15, -0.1) is 11.3 Å². The molecule has 2 rings (SSSR count). The van der Waals surface area contributed by atoms with Gasteiger partial charge in [-0.1, -0.05) is 0 Å². The Balaban J connectivity index is 2.07. The minimum absolute atomic E-state index is 0.289. The number of anilines is 1. The van der Waals surface area contributed by atoms with E-state index in [-0.39, 0.29) is 4.90 Å². The van der Waals surface area contributed by atoms with Crippen molar-refractivity contribution in [3.05, 3.63) is 40.8 Å². The predicted molar refractivity (Wildman–Crippen MR) is 76.8 cm³/mol. The highest BCUT2D eigenvalue weighted by Crippen LogP contribution is 2.17. The Kier molecular flexibility index (Phi) is 4.18. The van der Waals surface area contributed by atoms with Crippen LogP contribution in [0.2, 0.25) is 0 Å². The average molecular weight is 297 g/mol. The molecular formula is C12H15N3O2S2. The third kappa shape index (κ3) is 3.31. The van der Waals surface area contributed by atoms with E-state index in [2.05, 4.69) is 10.3 Å². The van der Waals surface area contributed by atoms with Crippen molar-refractivity contribution in [3.8, 4) is 0 Å². The maximum absolute atomic E-state index is 11.9. The van der Waals surface area contributed by atoms with Crippen LogP contribution >= 0.6 is 11.3 Å². The van der Waals surface area contributed by atoms with Crippen LogP contribution in [-0.4, -0.2) is 31.8 Å². The average Bonchev–Trinajstić information content (AvgIpc) is 2.90. The Morgan fingerprint density at radius 3 is 2.47 bits per heavy atom. The molecule has 1 aromatic carbocycles. The molecule has 0 radical (unpaired) electrons. The summed E-state index contributed by atoms with van der Waals surface area (Å²) < 4.78 is 25.0. The van der Waals surface area contributed by atoms with E-state index in [1.54, 1.807) is 41.8 Å². The first kappa shape index (κ1) is 14.0. The van der Waals surface area contributed by atoms with Gasteiger partial charge in [0.2, 0.25) is 10.0 Å². The summed E-state index contributed by atoms with van der Waals surface area (Å²) in [5.74, 6) is 0. The number of nitrogens with zero attached hydrogens (tertiary/aromatic N) is 2. The molecule has 1 aromatic heterocycles. The zero-order valence-corrected chi connectivity index (χ0v) is 12.3. The molecule has 0 saturated carbocycles. The normalized spacial score (nSPS) is 11.7. The van der Waals surface area contributed by atoms with E-state index in [9.17, 15) is 8.42 Å². The van der Waals surface area contributed by atoms with Crippen LogP contribution in [0.5, 0.6) is 0 Å². The van der Waals surface area contributed by atoms with E-state index in [0.29, 0.717) is 6.54 Å². The molecule has 0 aliphatic carbocycles. The summed E-state index contributed by atoms with van der Waals surface area (Å²) in [6.45, 7) is 0.636. The maximum Gasteiger partial charge on any atom is 0.242 e. The molecule has 0 aliphatic rings. The first-order valence-electron chi connectivity index (χ1n) is 5.65.